The Morgan fingerprint density at radius 1 is 1.17 bits per heavy atom. The average Bonchev–Trinajstić information content (AvgIpc) is 3.14. The highest BCUT2D eigenvalue weighted by atomic mass is 35.5. The largest absolute Gasteiger partial charge is 0.456 e. The summed E-state index contributed by atoms with van der Waals surface area (Å²) < 4.78 is 7.05. The standard InChI is InChI=1S/C20H19ClN4O4/c21-15-5-7-19-22-16(12-24(19)11-15)13-29-20(26)14-4-6-17(18(10-14)25(27)28)23-8-2-1-3-9-23/h4-7,10-12H,1-3,8-9,13H2. The molecule has 0 bridgehead atoms. The molecule has 9 heteroatoms. The Labute approximate surface area is 171 Å². The van der Waals surface area contributed by atoms with Crippen molar-refractivity contribution in [2.24, 2.45) is 0 Å². The number of hydrogen-bond donors (Lipinski definition) is 0. The first-order valence-electron chi connectivity index (χ1n) is 9.35. The van der Waals surface area contributed by atoms with Crippen molar-refractivity contribution in [2.45, 2.75) is 25.9 Å². The minimum atomic E-state index is -0.631. The van der Waals surface area contributed by atoms with Gasteiger partial charge in [-0.05, 0) is 43.5 Å². The molecule has 1 fully saturated rings. The van der Waals surface area contributed by atoms with Crippen LogP contribution < -0.4 is 4.90 Å². The van der Waals surface area contributed by atoms with E-state index in [9.17, 15) is 14.9 Å². The molecule has 0 spiro atoms. The van der Waals surface area contributed by atoms with Crippen LogP contribution >= 0.6 is 11.6 Å². The van der Waals surface area contributed by atoms with Crippen molar-refractivity contribution in [1.29, 1.82) is 0 Å². The van der Waals surface area contributed by atoms with Gasteiger partial charge in [0.15, 0.2) is 0 Å². The van der Waals surface area contributed by atoms with Crippen molar-refractivity contribution in [2.75, 3.05) is 18.0 Å². The summed E-state index contributed by atoms with van der Waals surface area (Å²) in [7, 11) is 0. The number of carbonyl (C=O) groups is 1. The monoisotopic (exact) mass is 414 g/mol. The van der Waals surface area contributed by atoms with Gasteiger partial charge in [0.05, 0.1) is 21.2 Å². The second-order valence-electron chi connectivity index (χ2n) is 6.93. The predicted octanol–water partition coefficient (Wildman–Crippen LogP) is 4.24. The Morgan fingerprint density at radius 3 is 2.72 bits per heavy atom. The molecule has 1 aliphatic rings. The first-order chi connectivity index (χ1) is 14.0. The van der Waals surface area contributed by atoms with Crippen LogP contribution in [0.4, 0.5) is 11.4 Å². The van der Waals surface area contributed by atoms with Crippen molar-refractivity contribution in [3.63, 3.8) is 0 Å². The molecule has 150 valence electrons. The van der Waals surface area contributed by atoms with E-state index >= 15 is 0 Å². The fourth-order valence-electron chi connectivity index (χ4n) is 3.51. The maximum Gasteiger partial charge on any atom is 0.338 e. The number of nitro benzene ring substituents is 1. The van der Waals surface area contributed by atoms with E-state index in [0.29, 0.717) is 22.1 Å². The maximum atomic E-state index is 12.4. The van der Waals surface area contributed by atoms with Crippen molar-refractivity contribution in [3.05, 3.63) is 69.1 Å². The zero-order valence-electron chi connectivity index (χ0n) is 15.6. The number of esters is 1. The van der Waals surface area contributed by atoms with Crippen molar-refractivity contribution >= 4 is 34.6 Å². The number of ether oxygens (including phenoxy) is 1. The Balaban J connectivity index is 1.50. The van der Waals surface area contributed by atoms with Gasteiger partial charge in [0.25, 0.3) is 5.69 Å². The van der Waals surface area contributed by atoms with Crippen LogP contribution in [0.25, 0.3) is 5.65 Å². The Kier molecular flexibility index (Phi) is 5.35. The third-order valence-electron chi connectivity index (χ3n) is 4.92. The lowest BCUT2D eigenvalue weighted by atomic mass is 10.1. The van der Waals surface area contributed by atoms with Crippen LogP contribution in [0.1, 0.15) is 35.3 Å². The number of hydrogen-bond acceptors (Lipinski definition) is 6. The van der Waals surface area contributed by atoms with E-state index in [1.54, 1.807) is 41.1 Å². The van der Waals surface area contributed by atoms with Gasteiger partial charge >= 0.3 is 5.97 Å². The summed E-state index contributed by atoms with van der Waals surface area (Å²) in [4.78, 5) is 29.9. The zero-order chi connectivity index (χ0) is 20.4. The van der Waals surface area contributed by atoms with Crippen LogP contribution in [0.2, 0.25) is 5.02 Å². The summed E-state index contributed by atoms with van der Waals surface area (Å²) >= 11 is 5.95. The van der Waals surface area contributed by atoms with Crippen LogP contribution in [0, 0.1) is 10.1 Å². The third kappa shape index (κ3) is 4.17. The molecule has 0 atom stereocenters. The maximum absolute atomic E-state index is 12.4. The number of nitrogens with zero attached hydrogens (tertiary/aromatic N) is 4. The molecular formula is C20H19ClN4O4. The molecule has 1 aromatic carbocycles. The quantitative estimate of drug-likeness (QED) is 0.352. The number of pyridine rings is 1. The second kappa shape index (κ2) is 8.08. The van der Waals surface area contributed by atoms with Gasteiger partial charge in [-0.2, -0.15) is 0 Å². The van der Waals surface area contributed by atoms with Gasteiger partial charge in [-0.15, -0.1) is 0 Å². The lowest BCUT2D eigenvalue weighted by molar-refractivity contribution is -0.384. The predicted molar refractivity (Wildman–Crippen MR) is 108 cm³/mol. The van der Waals surface area contributed by atoms with E-state index in [2.05, 4.69) is 4.98 Å². The molecule has 0 aliphatic carbocycles. The summed E-state index contributed by atoms with van der Waals surface area (Å²) in [5.74, 6) is -0.631. The first kappa shape index (κ1) is 19.2. The topological polar surface area (TPSA) is 90.0 Å². The van der Waals surface area contributed by atoms with E-state index in [0.717, 1.165) is 32.4 Å². The van der Waals surface area contributed by atoms with E-state index in [1.807, 2.05) is 4.90 Å². The fourth-order valence-corrected chi connectivity index (χ4v) is 3.68. The molecule has 0 unspecified atom stereocenters. The molecule has 29 heavy (non-hydrogen) atoms. The Morgan fingerprint density at radius 2 is 1.97 bits per heavy atom. The Hall–Kier alpha value is -3.13. The number of imidazole rings is 1. The SMILES string of the molecule is O=C(OCc1cn2cc(Cl)ccc2n1)c1ccc(N2CCCCC2)c([N+](=O)[O-])c1. The van der Waals surface area contributed by atoms with E-state index in [-0.39, 0.29) is 17.9 Å². The average molecular weight is 415 g/mol. The number of anilines is 1. The van der Waals surface area contributed by atoms with E-state index in [1.165, 1.54) is 6.07 Å². The molecule has 0 radical (unpaired) electrons. The smallest absolute Gasteiger partial charge is 0.338 e. The fraction of sp³-hybridized carbons (Fsp3) is 0.300. The number of aromatic nitrogens is 2. The summed E-state index contributed by atoms with van der Waals surface area (Å²) in [6.07, 6.45) is 6.56. The zero-order valence-corrected chi connectivity index (χ0v) is 16.3. The number of rotatable bonds is 5. The number of benzene rings is 1. The number of carbonyl (C=O) groups excluding carboxylic acids is 1. The van der Waals surface area contributed by atoms with Crippen LogP contribution in [0.15, 0.2) is 42.7 Å². The van der Waals surface area contributed by atoms with E-state index < -0.39 is 10.9 Å². The van der Waals surface area contributed by atoms with Crippen molar-refractivity contribution in [3.8, 4) is 0 Å². The molecule has 0 saturated carbocycles. The molecule has 1 aliphatic heterocycles. The summed E-state index contributed by atoms with van der Waals surface area (Å²) in [6, 6.07) is 7.98. The summed E-state index contributed by atoms with van der Waals surface area (Å²) in [6.45, 7) is 1.52. The minimum absolute atomic E-state index is 0.0419. The first-order valence-corrected chi connectivity index (χ1v) is 9.73. The lowest BCUT2D eigenvalue weighted by Gasteiger charge is -2.28. The normalized spacial score (nSPS) is 14.2. The number of fused-ring (bicyclic) bond motifs is 1. The number of piperidine rings is 1. The third-order valence-corrected chi connectivity index (χ3v) is 5.14. The van der Waals surface area contributed by atoms with Gasteiger partial charge in [-0.3, -0.25) is 10.1 Å². The van der Waals surface area contributed by atoms with Crippen LogP contribution in [-0.4, -0.2) is 33.4 Å². The number of halogens is 1. The molecule has 1 saturated heterocycles. The van der Waals surface area contributed by atoms with E-state index in [4.69, 9.17) is 16.3 Å². The molecule has 3 heterocycles. The lowest BCUT2D eigenvalue weighted by Crippen LogP contribution is -2.30. The highest BCUT2D eigenvalue weighted by Gasteiger charge is 2.23. The second-order valence-corrected chi connectivity index (χ2v) is 7.37. The molecule has 8 nitrogen and oxygen atoms in total. The Bertz CT molecular complexity index is 1080. The van der Waals surface area contributed by atoms with Crippen molar-refractivity contribution in [1.82, 2.24) is 9.38 Å². The van der Waals surface area contributed by atoms with Gasteiger partial charge < -0.3 is 14.0 Å². The molecule has 3 aromatic rings. The summed E-state index contributed by atoms with van der Waals surface area (Å²) in [5.41, 5.74) is 1.85. The summed E-state index contributed by atoms with van der Waals surface area (Å²) in [5, 5.41) is 12.1. The van der Waals surface area contributed by atoms with Crippen LogP contribution in [0.3, 0.4) is 0 Å². The molecule has 0 N–H and O–H groups in total. The molecule has 4 rings (SSSR count). The molecular weight excluding hydrogens is 396 g/mol. The van der Waals surface area contributed by atoms with Crippen molar-refractivity contribution < 1.29 is 14.5 Å². The van der Waals surface area contributed by atoms with Crippen LogP contribution in [0.5, 0.6) is 0 Å². The number of nitro groups is 1. The highest BCUT2D eigenvalue weighted by Crippen LogP contribution is 2.31. The van der Waals surface area contributed by atoms with Gasteiger partial charge in [0.1, 0.15) is 17.9 Å². The van der Waals surface area contributed by atoms with Gasteiger partial charge in [-0.1, -0.05) is 11.6 Å². The van der Waals surface area contributed by atoms with Gasteiger partial charge in [0.2, 0.25) is 0 Å². The molecule has 2 aromatic heterocycles. The van der Waals surface area contributed by atoms with Crippen LogP contribution in [-0.2, 0) is 11.3 Å². The highest BCUT2D eigenvalue weighted by molar-refractivity contribution is 6.30. The van der Waals surface area contributed by atoms with Gasteiger partial charge in [-0.25, -0.2) is 9.78 Å². The minimum Gasteiger partial charge on any atom is -0.456 e. The van der Waals surface area contributed by atoms with Gasteiger partial charge in [0, 0.05) is 31.5 Å². The molecule has 0 amide bonds.